The van der Waals surface area contributed by atoms with Crippen LogP contribution in [0.2, 0.25) is 0 Å². The van der Waals surface area contributed by atoms with E-state index in [2.05, 4.69) is 16.0 Å². The van der Waals surface area contributed by atoms with Gasteiger partial charge in [-0.25, -0.2) is 4.79 Å². The summed E-state index contributed by atoms with van der Waals surface area (Å²) in [4.78, 5) is 47.9. The normalized spacial score (nSPS) is 15.2. The number of nitrogens with two attached hydrogens (primary N) is 1. The lowest BCUT2D eigenvalue weighted by Gasteiger charge is -2.26. The van der Waals surface area contributed by atoms with Gasteiger partial charge in [-0.05, 0) is 30.3 Å². The maximum absolute atomic E-state index is 12.5. The van der Waals surface area contributed by atoms with Crippen LogP contribution in [0.1, 0.15) is 40.5 Å². The predicted molar refractivity (Wildman–Crippen MR) is 110 cm³/mol. The van der Waals surface area contributed by atoms with Crippen molar-refractivity contribution in [1.82, 2.24) is 16.0 Å². The van der Waals surface area contributed by atoms with Crippen LogP contribution in [-0.4, -0.2) is 65.5 Å². The summed E-state index contributed by atoms with van der Waals surface area (Å²) < 4.78 is 0. The zero-order valence-corrected chi connectivity index (χ0v) is 18.1. The fourth-order valence-corrected chi connectivity index (χ4v) is 2.74. The monoisotopic (exact) mass is 418 g/mol. The number of amides is 3. The number of thioether (sulfide) groups is 1. The molecule has 0 aromatic rings. The van der Waals surface area contributed by atoms with Gasteiger partial charge in [0.05, 0.1) is 12.6 Å². The molecule has 3 amide bonds. The van der Waals surface area contributed by atoms with Crippen molar-refractivity contribution in [1.29, 1.82) is 0 Å². The molecule has 6 N–H and O–H groups in total. The Balaban J connectivity index is 4.83. The van der Waals surface area contributed by atoms with E-state index in [1.54, 1.807) is 0 Å². The van der Waals surface area contributed by atoms with E-state index in [0.717, 1.165) is 0 Å². The van der Waals surface area contributed by atoms with Crippen LogP contribution in [0.25, 0.3) is 0 Å². The number of aliphatic carboxylic acids is 1. The highest BCUT2D eigenvalue weighted by Crippen LogP contribution is 2.09. The summed E-state index contributed by atoms with van der Waals surface area (Å²) in [7, 11) is 0. The third kappa shape index (κ3) is 9.41. The molecule has 162 valence electrons. The Bertz CT molecular complexity index is 544. The minimum absolute atomic E-state index is 0.0827. The number of nitrogens with one attached hydrogen (secondary N) is 3. The third-order valence-corrected chi connectivity index (χ3v) is 5.13. The van der Waals surface area contributed by atoms with E-state index in [1.807, 2.05) is 34.0 Å². The molecule has 9 nitrogen and oxygen atoms in total. The lowest BCUT2D eigenvalue weighted by molar-refractivity contribution is -0.141. The van der Waals surface area contributed by atoms with Crippen LogP contribution in [0.15, 0.2) is 0 Å². The second kappa shape index (κ2) is 13.4. The summed E-state index contributed by atoms with van der Waals surface area (Å²) in [5.41, 5.74) is 5.83. The Morgan fingerprint density at radius 2 is 1.68 bits per heavy atom. The SMILES string of the molecule is CCC(C)C(NC(=O)C(N)C(C)C)C(=O)NCC(=O)NC(CCSC)C(=O)O. The summed E-state index contributed by atoms with van der Waals surface area (Å²) in [5, 5.41) is 16.7. The molecule has 28 heavy (non-hydrogen) atoms. The fraction of sp³-hybridized carbons (Fsp3) is 0.778. The predicted octanol–water partition coefficient (Wildman–Crippen LogP) is -0.0607. The number of carbonyl (C=O) groups excluding carboxylic acids is 3. The van der Waals surface area contributed by atoms with E-state index in [9.17, 15) is 19.2 Å². The van der Waals surface area contributed by atoms with Gasteiger partial charge in [0, 0.05) is 0 Å². The average molecular weight is 419 g/mol. The molecule has 0 saturated heterocycles. The lowest BCUT2D eigenvalue weighted by atomic mass is 9.96. The molecule has 0 rings (SSSR count). The van der Waals surface area contributed by atoms with Crippen LogP contribution in [0, 0.1) is 11.8 Å². The van der Waals surface area contributed by atoms with E-state index in [0.29, 0.717) is 12.2 Å². The first-order valence-electron chi connectivity index (χ1n) is 9.39. The molecule has 0 aromatic heterocycles. The quantitative estimate of drug-likeness (QED) is 0.281. The van der Waals surface area contributed by atoms with E-state index >= 15 is 0 Å². The molecule has 0 aliphatic heterocycles. The van der Waals surface area contributed by atoms with E-state index in [4.69, 9.17) is 10.8 Å². The maximum atomic E-state index is 12.5. The summed E-state index contributed by atoms with van der Waals surface area (Å²) in [5.74, 6) is -2.33. The van der Waals surface area contributed by atoms with Gasteiger partial charge in [0.1, 0.15) is 12.1 Å². The van der Waals surface area contributed by atoms with Crippen LogP contribution in [-0.2, 0) is 19.2 Å². The van der Waals surface area contributed by atoms with Crippen molar-refractivity contribution in [2.24, 2.45) is 17.6 Å². The molecule has 0 spiro atoms. The van der Waals surface area contributed by atoms with E-state index < -0.39 is 41.8 Å². The number of hydrogen-bond acceptors (Lipinski definition) is 6. The molecular weight excluding hydrogens is 384 g/mol. The van der Waals surface area contributed by atoms with Gasteiger partial charge in [0.2, 0.25) is 17.7 Å². The molecule has 0 bridgehead atoms. The Hall–Kier alpha value is -1.81. The molecule has 0 aliphatic rings. The van der Waals surface area contributed by atoms with Crippen molar-refractivity contribution in [3.63, 3.8) is 0 Å². The molecule has 0 heterocycles. The highest BCUT2D eigenvalue weighted by molar-refractivity contribution is 7.98. The van der Waals surface area contributed by atoms with Gasteiger partial charge < -0.3 is 26.8 Å². The first kappa shape index (κ1) is 26.2. The minimum atomic E-state index is -1.12. The van der Waals surface area contributed by atoms with Crippen LogP contribution >= 0.6 is 11.8 Å². The molecule has 0 saturated carbocycles. The minimum Gasteiger partial charge on any atom is -0.480 e. The highest BCUT2D eigenvalue weighted by Gasteiger charge is 2.29. The van der Waals surface area contributed by atoms with Crippen LogP contribution in [0.4, 0.5) is 0 Å². The van der Waals surface area contributed by atoms with Gasteiger partial charge in [-0.3, -0.25) is 14.4 Å². The average Bonchev–Trinajstić information content (AvgIpc) is 2.65. The molecule has 0 aliphatic carbocycles. The van der Waals surface area contributed by atoms with Crippen molar-refractivity contribution < 1.29 is 24.3 Å². The van der Waals surface area contributed by atoms with E-state index in [-0.39, 0.29) is 24.8 Å². The van der Waals surface area contributed by atoms with Gasteiger partial charge in [-0.15, -0.1) is 0 Å². The number of carbonyl (C=O) groups is 4. The summed E-state index contributed by atoms with van der Waals surface area (Å²) in [6, 6.07) is -2.58. The number of carboxylic acid groups (broad SMARTS) is 1. The zero-order valence-electron chi connectivity index (χ0n) is 17.3. The van der Waals surface area contributed by atoms with Crippen LogP contribution < -0.4 is 21.7 Å². The van der Waals surface area contributed by atoms with Crippen molar-refractivity contribution in [2.45, 2.75) is 58.7 Å². The van der Waals surface area contributed by atoms with Crippen LogP contribution in [0.5, 0.6) is 0 Å². The zero-order chi connectivity index (χ0) is 21.9. The topological polar surface area (TPSA) is 151 Å². The van der Waals surface area contributed by atoms with Crippen molar-refractivity contribution in [3.05, 3.63) is 0 Å². The van der Waals surface area contributed by atoms with Crippen molar-refractivity contribution in [3.8, 4) is 0 Å². The van der Waals surface area contributed by atoms with Gasteiger partial charge in [0.15, 0.2) is 0 Å². The van der Waals surface area contributed by atoms with Gasteiger partial charge >= 0.3 is 5.97 Å². The van der Waals surface area contributed by atoms with E-state index in [1.165, 1.54) is 11.8 Å². The highest BCUT2D eigenvalue weighted by atomic mass is 32.2. The first-order valence-corrected chi connectivity index (χ1v) is 10.8. The smallest absolute Gasteiger partial charge is 0.326 e. The Morgan fingerprint density at radius 3 is 2.14 bits per heavy atom. The van der Waals surface area contributed by atoms with Crippen LogP contribution in [0.3, 0.4) is 0 Å². The maximum Gasteiger partial charge on any atom is 0.326 e. The number of hydrogen-bond donors (Lipinski definition) is 5. The number of carboxylic acids is 1. The lowest BCUT2D eigenvalue weighted by Crippen LogP contribution is -2.56. The molecule has 0 fully saturated rings. The molecule has 4 atom stereocenters. The largest absolute Gasteiger partial charge is 0.480 e. The summed E-state index contributed by atoms with van der Waals surface area (Å²) in [6.45, 7) is 6.94. The summed E-state index contributed by atoms with van der Waals surface area (Å²) >= 11 is 1.48. The third-order valence-electron chi connectivity index (χ3n) is 4.48. The van der Waals surface area contributed by atoms with Gasteiger partial charge in [0.25, 0.3) is 0 Å². The molecule has 0 aromatic carbocycles. The number of rotatable bonds is 13. The second-order valence-electron chi connectivity index (χ2n) is 7.10. The Kier molecular flexibility index (Phi) is 12.5. The fourth-order valence-electron chi connectivity index (χ4n) is 2.27. The standard InChI is InChI=1S/C18H34N4O5S/c1-6-11(4)15(22-16(24)14(19)10(2)3)17(25)20-9-13(23)21-12(18(26)27)7-8-28-5/h10-12,14-15H,6-9,19H2,1-5H3,(H,20,25)(H,21,23)(H,22,24)(H,26,27). The van der Waals surface area contributed by atoms with Crippen molar-refractivity contribution in [2.75, 3.05) is 18.6 Å². The van der Waals surface area contributed by atoms with Gasteiger partial charge in [-0.2, -0.15) is 11.8 Å². The Morgan fingerprint density at radius 1 is 1.07 bits per heavy atom. The Labute approximate surface area is 170 Å². The molecule has 4 unspecified atom stereocenters. The van der Waals surface area contributed by atoms with Crippen molar-refractivity contribution >= 4 is 35.5 Å². The molecular formula is C18H34N4O5S. The first-order chi connectivity index (χ1) is 13.0. The summed E-state index contributed by atoms with van der Waals surface area (Å²) in [6.07, 6.45) is 2.77. The molecule has 0 radical (unpaired) electrons. The van der Waals surface area contributed by atoms with Gasteiger partial charge in [-0.1, -0.05) is 34.1 Å². The second-order valence-corrected chi connectivity index (χ2v) is 8.08. The molecule has 10 heteroatoms.